The largest absolute Gasteiger partial charge is 0.377 e. The number of ether oxygens (including phenoxy) is 2. The maximum absolute atomic E-state index is 5.82. The van der Waals surface area contributed by atoms with Crippen LogP contribution in [-0.4, -0.2) is 59.0 Å². The summed E-state index contributed by atoms with van der Waals surface area (Å²) in [6, 6.07) is 0. The lowest BCUT2D eigenvalue weighted by molar-refractivity contribution is -0.0481. The fraction of sp³-hybridized carbons (Fsp3) is 0.857. The topological polar surface area (TPSA) is 63.3 Å². The Balaban J connectivity index is 1.56. The highest BCUT2D eigenvalue weighted by Gasteiger charge is 2.28. The maximum atomic E-state index is 5.82. The average Bonchev–Trinajstić information content (AvgIpc) is 3.11. The summed E-state index contributed by atoms with van der Waals surface area (Å²) in [7, 11) is 0. The van der Waals surface area contributed by atoms with Gasteiger partial charge < -0.3 is 9.47 Å². The van der Waals surface area contributed by atoms with Crippen molar-refractivity contribution in [2.24, 2.45) is 0 Å². The van der Waals surface area contributed by atoms with Crippen molar-refractivity contribution < 1.29 is 9.47 Å². The van der Waals surface area contributed by atoms with Gasteiger partial charge in [-0.1, -0.05) is 6.92 Å². The second-order valence-corrected chi connectivity index (χ2v) is 5.64. The monoisotopic (exact) mass is 280 g/mol. The third-order valence-electron chi connectivity index (χ3n) is 3.96. The van der Waals surface area contributed by atoms with Crippen molar-refractivity contribution >= 4 is 0 Å². The zero-order valence-corrected chi connectivity index (χ0v) is 12.2. The van der Waals surface area contributed by atoms with E-state index in [1.807, 2.05) is 0 Å². The van der Waals surface area contributed by atoms with Crippen LogP contribution in [0, 0.1) is 0 Å². The molecule has 2 atom stereocenters. The Kier molecular flexibility index (Phi) is 4.65. The van der Waals surface area contributed by atoms with E-state index in [9.17, 15) is 0 Å². The number of aryl methyl sites for hydroxylation is 1. The molecule has 112 valence electrons. The number of nitrogens with one attached hydrogen (secondary N) is 1. The molecule has 2 fully saturated rings. The Morgan fingerprint density at radius 1 is 1.35 bits per heavy atom. The molecule has 0 saturated carbocycles. The fourth-order valence-electron chi connectivity index (χ4n) is 2.90. The van der Waals surface area contributed by atoms with Gasteiger partial charge >= 0.3 is 0 Å². The van der Waals surface area contributed by atoms with Crippen LogP contribution >= 0.6 is 0 Å². The molecule has 3 heterocycles. The first-order chi connectivity index (χ1) is 9.85. The minimum Gasteiger partial charge on any atom is -0.377 e. The molecule has 0 bridgehead atoms. The summed E-state index contributed by atoms with van der Waals surface area (Å²) in [6.45, 7) is 6.65. The molecule has 1 aromatic rings. The van der Waals surface area contributed by atoms with Crippen LogP contribution in [-0.2, 0) is 15.9 Å². The van der Waals surface area contributed by atoms with E-state index in [-0.39, 0.29) is 6.10 Å². The summed E-state index contributed by atoms with van der Waals surface area (Å²) < 4.78 is 11.5. The van der Waals surface area contributed by atoms with Crippen LogP contribution in [0.15, 0.2) is 0 Å². The van der Waals surface area contributed by atoms with Crippen LogP contribution < -0.4 is 0 Å². The van der Waals surface area contributed by atoms with Gasteiger partial charge in [-0.25, -0.2) is 4.98 Å². The summed E-state index contributed by atoms with van der Waals surface area (Å²) in [5.74, 6) is 1.76. The first kappa shape index (κ1) is 14.0. The Bertz CT molecular complexity index is 417. The summed E-state index contributed by atoms with van der Waals surface area (Å²) >= 11 is 0. The van der Waals surface area contributed by atoms with E-state index in [1.54, 1.807) is 0 Å². The van der Waals surface area contributed by atoms with Crippen molar-refractivity contribution in [2.45, 2.75) is 44.8 Å². The number of aromatic amines is 1. The maximum Gasteiger partial charge on any atom is 0.180 e. The molecule has 6 heteroatoms. The van der Waals surface area contributed by atoms with E-state index < -0.39 is 0 Å². The molecule has 2 aliphatic heterocycles. The summed E-state index contributed by atoms with van der Waals surface area (Å²) in [4.78, 5) is 6.96. The molecule has 0 radical (unpaired) electrons. The molecule has 2 unspecified atom stereocenters. The molecule has 0 aromatic carbocycles. The number of hydrogen-bond donors (Lipinski definition) is 1. The predicted octanol–water partition coefficient (Wildman–Crippen LogP) is 1.31. The normalized spacial score (nSPS) is 28.1. The number of hydrogen-bond acceptors (Lipinski definition) is 5. The molecular weight excluding hydrogens is 256 g/mol. The number of aromatic nitrogens is 3. The number of rotatable bonds is 5. The SMILES string of the molecule is CCCc1nc(C2CN(CC3CCCO3)CCO2)n[nH]1. The molecule has 1 N–H and O–H groups in total. The Morgan fingerprint density at radius 3 is 3.10 bits per heavy atom. The standard InChI is InChI=1S/C14H24N4O2/c1-2-4-13-15-14(17-16-13)12-10-18(6-8-20-12)9-11-5-3-7-19-11/h11-12H,2-10H2,1H3,(H,15,16,17). The number of nitrogens with zero attached hydrogens (tertiary/aromatic N) is 3. The second kappa shape index (κ2) is 6.65. The quantitative estimate of drug-likeness (QED) is 0.881. The Morgan fingerprint density at radius 2 is 2.30 bits per heavy atom. The van der Waals surface area contributed by atoms with Crippen LogP contribution in [0.25, 0.3) is 0 Å². The third kappa shape index (κ3) is 3.37. The lowest BCUT2D eigenvalue weighted by Crippen LogP contribution is -2.42. The van der Waals surface area contributed by atoms with Gasteiger partial charge in [-0.05, 0) is 19.3 Å². The fourth-order valence-corrected chi connectivity index (χ4v) is 2.90. The van der Waals surface area contributed by atoms with Crippen molar-refractivity contribution in [2.75, 3.05) is 32.8 Å². The first-order valence-electron chi connectivity index (χ1n) is 7.72. The van der Waals surface area contributed by atoms with Crippen molar-refractivity contribution in [3.8, 4) is 0 Å². The number of morpholine rings is 1. The van der Waals surface area contributed by atoms with Gasteiger partial charge in [0.15, 0.2) is 5.82 Å². The predicted molar refractivity (Wildman–Crippen MR) is 74.5 cm³/mol. The second-order valence-electron chi connectivity index (χ2n) is 5.64. The molecule has 20 heavy (non-hydrogen) atoms. The smallest absolute Gasteiger partial charge is 0.180 e. The molecular formula is C14H24N4O2. The van der Waals surface area contributed by atoms with Gasteiger partial charge in [0.1, 0.15) is 11.9 Å². The van der Waals surface area contributed by atoms with E-state index in [0.29, 0.717) is 6.10 Å². The van der Waals surface area contributed by atoms with Gasteiger partial charge in [0.05, 0.1) is 12.7 Å². The number of H-pyrrole nitrogens is 1. The molecule has 0 spiro atoms. The average molecular weight is 280 g/mol. The van der Waals surface area contributed by atoms with Gasteiger partial charge in [0.2, 0.25) is 0 Å². The van der Waals surface area contributed by atoms with Gasteiger partial charge in [-0.2, -0.15) is 5.10 Å². The third-order valence-corrected chi connectivity index (χ3v) is 3.96. The molecule has 2 aliphatic rings. The van der Waals surface area contributed by atoms with E-state index >= 15 is 0 Å². The van der Waals surface area contributed by atoms with Crippen molar-refractivity contribution in [3.05, 3.63) is 11.6 Å². The van der Waals surface area contributed by atoms with Gasteiger partial charge in [0.25, 0.3) is 0 Å². The van der Waals surface area contributed by atoms with Crippen LogP contribution in [0.5, 0.6) is 0 Å². The minimum atomic E-state index is -0.00740. The van der Waals surface area contributed by atoms with Gasteiger partial charge in [0, 0.05) is 32.7 Å². The van der Waals surface area contributed by atoms with Crippen molar-refractivity contribution in [1.29, 1.82) is 0 Å². The molecule has 6 nitrogen and oxygen atoms in total. The van der Waals surface area contributed by atoms with E-state index in [2.05, 4.69) is 27.0 Å². The summed E-state index contributed by atoms with van der Waals surface area (Å²) in [6.07, 6.45) is 4.79. The van der Waals surface area contributed by atoms with Crippen LogP contribution in [0.4, 0.5) is 0 Å². The van der Waals surface area contributed by atoms with Crippen LogP contribution in [0.2, 0.25) is 0 Å². The highest BCUT2D eigenvalue weighted by atomic mass is 16.5. The first-order valence-corrected chi connectivity index (χ1v) is 7.72. The Hall–Kier alpha value is -0.980. The van der Waals surface area contributed by atoms with Gasteiger partial charge in [-0.15, -0.1) is 0 Å². The minimum absolute atomic E-state index is 0.00740. The highest BCUT2D eigenvalue weighted by Crippen LogP contribution is 2.21. The van der Waals surface area contributed by atoms with Crippen molar-refractivity contribution in [1.82, 2.24) is 20.1 Å². The molecule has 3 rings (SSSR count). The lowest BCUT2D eigenvalue weighted by Gasteiger charge is -2.32. The van der Waals surface area contributed by atoms with E-state index in [4.69, 9.17) is 9.47 Å². The molecule has 1 aromatic heterocycles. The van der Waals surface area contributed by atoms with Crippen LogP contribution in [0.3, 0.4) is 0 Å². The summed E-state index contributed by atoms with van der Waals surface area (Å²) in [5, 5.41) is 7.31. The van der Waals surface area contributed by atoms with Crippen LogP contribution in [0.1, 0.15) is 43.9 Å². The zero-order chi connectivity index (χ0) is 13.8. The van der Waals surface area contributed by atoms with E-state index in [1.165, 1.54) is 12.8 Å². The zero-order valence-electron chi connectivity index (χ0n) is 12.2. The summed E-state index contributed by atoms with van der Waals surface area (Å²) in [5.41, 5.74) is 0. The Labute approximate surface area is 119 Å². The molecule has 0 amide bonds. The molecule has 0 aliphatic carbocycles. The van der Waals surface area contributed by atoms with Gasteiger partial charge in [-0.3, -0.25) is 10.00 Å². The molecule has 2 saturated heterocycles. The highest BCUT2D eigenvalue weighted by molar-refractivity contribution is 4.97. The van der Waals surface area contributed by atoms with Crippen molar-refractivity contribution in [3.63, 3.8) is 0 Å². The van der Waals surface area contributed by atoms with E-state index in [0.717, 1.165) is 57.3 Å². The lowest BCUT2D eigenvalue weighted by atomic mass is 10.2.